The minimum Gasteiger partial charge on any atom is -0.0742 e. The molecule has 0 heteroatoms. The van der Waals surface area contributed by atoms with Gasteiger partial charge in [-0.25, -0.2) is 0 Å². The van der Waals surface area contributed by atoms with Crippen LogP contribution in [0.4, 0.5) is 0 Å². The van der Waals surface area contributed by atoms with Crippen molar-refractivity contribution in [2.45, 2.75) is 51.4 Å². The zero-order chi connectivity index (χ0) is 17.8. The van der Waals surface area contributed by atoms with Gasteiger partial charge in [0.25, 0.3) is 0 Å². The summed E-state index contributed by atoms with van der Waals surface area (Å²) in [5.74, 6) is 0. The van der Waals surface area contributed by atoms with Gasteiger partial charge in [0.1, 0.15) is 0 Å². The maximum absolute atomic E-state index is 2.55. The first-order valence-electron chi connectivity index (χ1n) is 10.2. The van der Waals surface area contributed by atoms with Gasteiger partial charge in [-0.2, -0.15) is 0 Å². The van der Waals surface area contributed by atoms with Gasteiger partial charge in [0.15, 0.2) is 0 Å². The number of hydrogen-bond donors (Lipinski definition) is 0. The molecule has 0 amide bonds. The molecular weight excluding hydrogens is 312 g/mol. The summed E-state index contributed by atoms with van der Waals surface area (Å²) in [6, 6.07) is 18.3. The van der Waals surface area contributed by atoms with Crippen molar-refractivity contribution >= 4 is 0 Å². The Bertz CT molecular complexity index is 848. The predicted octanol–water partition coefficient (Wildman–Crippen LogP) is 7.06. The second kappa shape index (κ2) is 5.46. The van der Waals surface area contributed by atoms with E-state index in [9.17, 15) is 0 Å². The summed E-state index contributed by atoms with van der Waals surface area (Å²) in [7, 11) is 0. The van der Waals surface area contributed by atoms with Crippen LogP contribution in [0.5, 0.6) is 0 Å². The standard InChI is InChI=1S/C26H28/c1-24(16-10-11-17-24)26(18-8-3-9-19-26)25(2)22-14-6-4-12-20(22)21-13-5-7-15-23(21)25/h4-7,10-17H,3,8-9,18-19H2,1-2H3. The molecule has 0 aliphatic heterocycles. The van der Waals surface area contributed by atoms with E-state index in [2.05, 4.69) is 86.7 Å². The quantitative estimate of drug-likeness (QED) is 0.549. The Morgan fingerprint density at radius 2 is 1.15 bits per heavy atom. The monoisotopic (exact) mass is 340 g/mol. The summed E-state index contributed by atoms with van der Waals surface area (Å²) >= 11 is 0. The number of rotatable bonds is 2. The predicted molar refractivity (Wildman–Crippen MR) is 110 cm³/mol. The van der Waals surface area contributed by atoms with Crippen LogP contribution >= 0.6 is 0 Å². The summed E-state index contributed by atoms with van der Waals surface area (Å²) in [4.78, 5) is 0. The molecular formula is C26H28. The number of allylic oxidation sites excluding steroid dienone is 4. The summed E-state index contributed by atoms with van der Waals surface area (Å²) in [6.07, 6.45) is 16.2. The third-order valence-corrected chi connectivity index (χ3v) is 7.91. The van der Waals surface area contributed by atoms with Crippen molar-refractivity contribution in [1.29, 1.82) is 0 Å². The average Bonchev–Trinajstić information content (AvgIpc) is 3.25. The van der Waals surface area contributed by atoms with E-state index < -0.39 is 0 Å². The van der Waals surface area contributed by atoms with Crippen LogP contribution in [0.3, 0.4) is 0 Å². The Labute approximate surface area is 157 Å². The molecule has 2 aromatic rings. The molecule has 0 nitrogen and oxygen atoms in total. The van der Waals surface area contributed by atoms with Gasteiger partial charge in [0, 0.05) is 10.8 Å². The molecule has 26 heavy (non-hydrogen) atoms. The average molecular weight is 341 g/mol. The third-order valence-electron chi connectivity index (χ3n) is 7.91. The van der Waals surface area contributed by atoms with E-state index in [1.54, 1.807) is 0 Å². The molecule has 3 aliphatic rings. The lowest BCUT2D eigenvalue weighted by Gasteiger charge is -2.58. The van der Waals surface area contributed by atoms with Crippen molar-refractivity contribution in [2.75, 3.05) is 0 Å². The summed E-state index contributed by atoms with van der Waals surface area (Å²) in [5.41, 5.74) is 6.37. The molecule has 0 unspecified atom stereocenters. The number of fused-ring (bicyclic) bond motifs is 3. The van der Waals surface area contributed by atoms with Crippen molar-refractivity contribution < 1.29 is 0 Å². The van der Waals surface area contributed by atoms with Crippen LogP contribution in [0.1, 0.15) is 57.1 Å². The van der Waals surface area contributed by atoms with E-state index >= 15 is 0 Å². The van der Waals surface area contributed by atoms with Gasteiger partial charge < -0.3 is 0 Å². The molecule has 0 heterocycles. The molecule has 1 fully saturated rings. The summed E-state index contributed by atoms with van der Waals surface area (Å²) < 4.78 is 0. The largest absolute Gasteiger partial charge is 0.0742 e. The van der Waals surface area contributed by atoms with Crippen LogP contribution in [-0.2, 0) is 5.41 Å². The molecule has 0 spiro atoms. The van der Waals surface area contributed by atoms with Crippen molar-refractivity contribution in [3.63, 3.8) is 0 Å². The van der Waals surface area contributed by atoms with Crippen LogP contribution < -0.4 is 0 Å². The van der Waals surface area contributed by atoms with Crippen molar-refractivity contribution in [3.05, 3.63) is 84.0 Å². The van der Waals surface area contributed by atoms with Crippen molar-refractivity contribution in [1.82, 2.24) is 0 Å². The second-order valence-corrected chi connectivity index (χ2v) is 8.86. The van der Waals surface area contributed by atoms with E-state index in [-0.39, 0.29) is 16.2 Å². The van der Waals surface area contributed by atoms with Gasteiger partial charge in [-0.1, -0.05) is 106 Å². The molecule has 0 atom stereocenters. The Balaban J connectivity index is 1.84. The van der Waals surface area contributed by atoms with E-state index in [4.69, 9.17) is 0 Å². The molecule has 0 N–H and O–H groups in total. The minimum atomic E-state index is 0.0500. The van der Waals surface area contributed by atoms with Crippen LogP contribution in [-0.4, -0.2) is 0 Å². The van der Waals surface area contributed by atoms with Crippen LogP contribution in [0.25, 0.3) is 11.1 Å². The third kappa shape index (κ3) is 1.80. The SMILES string of the molecule is CC1(C2(C3(C)c4ccccc4-c4ccccc43)CCCCC2)C=CC=C1. The van der Waals surface area contributed by atoms with Crippen LogP contribution in [0, 0.1) is 10.8 Å². The van der Waals surface area contributed by atoms with Crippen molar-refractivity contribution in [2.24, 2.45) is 10.8 Å². The highest BCUT2D eigenvalue weighted by atomic mass is 14.6. The molecule has 0 bridgehead atoms. The lowest BCUT2D eigenvalue weighted by Crippen LogP contribution is -2.53. The smallest absolute Gasteiger partial charge is 0.0254 e. The second-order valence-electron chi connectivity index (χ2n) is 8.86. The van der Waals surface area contributed by atoms with E-state index in [1.807, 2.05) is 0 Å². The Kier molecular flexibility index (Phi) is 3.38. The lowest BCUT2D eigenvalue weighted by atomic mass is 9.45. The fraction of sp³-hybridized carbons (Fsp3) is 0.385. The topological polar surface area (TPSA) is 0 Å². The normalized spacial score (nSPS) is 23.6. The molecule has 2 aromatic carbocycles. The Hall–Kier alpha value is -2.08. The van der Waals surface area contributed by atoms with Gasteiger partial charge in [-0.05, 0) is 40.5 Å². The molecule has 0 radical (unpaired) electrons. The highest BCUT2D eigenvalue weighted by Gasteiger charge is 2.61. The maximum Gasteiger partial charge on any atom is 0.0254 e. The van der Waals surface area contributed by atoms with Crippen LogP contribution in [0.15, 0.2) is 72.8 Å². The molecule has 0 aromatic heterocycles. The fourth-order valence-corrected chi connectivity index (χ4v) is 6.59. The molecule has 5 rings (SSSR count). The maximum atomic E-state index is 2.55. The lowest BCUT2D eigenvalue weighted by molar-refractivity contribution is 0.0176. The zero-order valence-electron chi connectivity index (χ0n) is 16.0. The molecule has 1 saturated carbocycles. The molecule has 0 saturated heterocycles. The van der Waals surface area contributed by atoms with E-state index in [0.717, 1.165) is 0 Å². The van der Waals surface area contributed by atoms with Crippen molar-refractivity contribution in [3.8, 4) is 11.1 Å². The molecule has 3 aliphatic carbocycles. The van der Waals surface area contributed by atoms with Gasteiger partial charge in [-0.15, -0.1) is 0 Å². The van der Waals surface area contributed by atoms with E-state index in [0.29, 0.717) is 0 Å². The van der Waals surface area contributed by atoms with Gasteiger partial charge in [0.05, 0.1) is 0 Å². The van der Waals surface area contributed by atoms with Gasteiger partial charge in [0.2, 0.25) is 0 Å². The first-order valence-corrected chi connectivity index (χ1v) is 10.2. The Morgan fingerprint density at radius 3 is 1.69 bits per heavy atom. The fourth-order valence-electron chi connectivity index (χ4n) is 6.59. The van der Waals surface area contributed by atoms with Gasteiger partial charge >= 0.3 is 0 Å². The minimum absolute atomic E-state index is 0.0500. The number of benzene rings is 2. The highest BCUT2D eigenvalue weighted by molar-refractivity contribution is 5.81. The van der Waals surface area contributed by atoms with Crippen LogP contribution in [0.2, 0.25) is 0 Å². The van der Waals surface area contributed by atoms with Gasteiger partial charge in [-0.3, -0.25) is 0 Å². The summed E-state index contributed by atoms with van der Waals surface area (Å²) in [5, 5.41) is 0. The summed E-state index contributed by atoms with van der Waals surface area (Å²) in [6.45, 7) is 5.03. The van der Waals surface area contributed by atoms with E-state index in [1.165, 1.54) is 54.4 Å². The highest BCUT2D eigenvalue weighted by Crippen LogP contribution is 2.68. The first-order chi connectivity index (χ1) is 12.6. The molecule has 132 valence electrons. The number of hydrogen-bond acceptors (Lipinski definition) is 0. The first kappa shape index (κ1) is 16.1. The Morgan fingerprint density at radius 1 is 0.654 bits per heavy atom. The zero-order valence-corrected chi connectivity index (χ0v) is 16.0.